The van der Waals surface area contributed by atoms with Gasteiger partial charge in [0.05, 0.1) is 6.07 Å². The van der Waals surface area contributed by atoms with Gasteiger partial charge in [-0.3, -0.25) is 4.90 Å². The number of hydrogen-bond acceptors (Lipinski definition) is 6. The lowest BCUT2D eigenvalue weighted by Crippen LogP contribution is -2.50. The molecule has 1 aliphatic heterocycles. The largest absolute Gasteiger partial charge is 0.383 e. The predicted octanol–water partition coefficient (Wildman–Crippen LogP) is 1.80. The van der Waals surface area contributed by atoms with Crippen LogP contribution in [0.2, 0.25) is 0 Å². The van der Waals surface area contributed by atoms with Gasteiger partial charge in [-0.2, -0.15) is 5.26 Å². The summed E-state index contributed by atoms with van der Waals surface area (Å²) in [7, 11) is 0. The minimum atomic E-state index is -0.143. The molecule has 1 saturated heterocycles. The van der Waals surface area contributed by atoms with Gasteiger partial charge in [0.25, 0.3) is 0 Å². The van der Waals surface area contributed by atoms with Crippen molar-refractivity contribution in [3.8, 4) is 6.07 Å². The summed E-state index contributed by atoms with van der Waals surface area (Å²) in [4.78, 5) is 12.6. The van der Waals surface area contributed by atoms with Crippen LogP contribution in [0.3, 0.4) is 0 Å². The van der Waals surface area contributed by atoms with Crippen LogP contribution in [0.4, 0.5) is 11.6 Å². The Hall–Kier alpha value is -1.65. The van der Waals surface area contributed by atoms with Gasteiger partial charge < -0.3 is 10.6 Å². The molecule has 2 rings (SSSR count). The zero-order chi connectivity index (χ0) is 15.4. The predicted molar refractivity (Wildman–Crippen MR) is 86.8 cm³/mol. The van der Waals surface area contributed by atoms with Crippen LogP contribution in [0.25, 0.3) is 0 Å². The van der Waals surface area contributed by atoms with Gasteiger partial charge in [-0.15, -0.1) is 0 Å². The highest BCUT2D eigenvalue weighted by atomic mass is 79.9. The van der Waals surface area contributed by atoms with E-state index in [0.29, 0.717) is 5.82 Å². The second-order valence-corrected chi connectivity index (χ2v) is 5.78. The van der Waals surface area contributed by atoms with Gasteiger partial charge in [-0.1, -0.05) is 6.08 Å². The van der Waals surface area contributed by atoms with Gasteiger partial charge >= 0.3 is 0 Å². The number of nitriles is 1. The molecule has 7 heteroatoms. The Kier molecular flexibility index (Phi) is 5.15. The van der Waals surface area contributed by atoms with Crippen LogP contribution in [0.1, 0.15) is 13.8 Å². The fourth-order valence-electron chi connectivity index (χ4n) is 2.42. The average molecular weight is 351 g/mol. The second-order valence-electron chi connectivity index (χ2n) is 4.98. The molecule has 0 bridgehead atoms. The summed E-state index contributed by atoms with van der Waals surface area (Å²) in [5, 5.41) is 9.35. The van der Waals surface area contributed by atoms with Gasteiger partial charge in [0.15, 0.2) is 0 Å². The molecule has 2 N–H and O–H groups in total. The fraction of sp³-hybridized carbons (Fsp3) is 0.500. The molecule has 0 aromatic carbocycles. The molecule has 0 spiro atoms. The third kappa shape index (κ3) is 3.34. The first-order valence-electron chi connectivity index (χ1n) is 6.85. The summed E-state index contributed by atoms with van der Waals surface area (Å²) in [5.74, 6) is 1.26. The van der Waals surface area contributed by atoms with Crippen molar-refractivity contribution in [2.24, 2.45) is 0 Å². The Morgan fingerprint density at radius 3 is 2.67 bits per heavy atom. The van der Waals surface area contributed by atoms with E-state index in [1.807, 2.05) is 19.9 Å². The van der Waals surface area contributed by atoms with Gasteiger partial charge in [0.2, 0.25) is 0 Å². The number of hydrogen-bond donors (Lipinski definition) is 1. The normalized spacial score (nSPS) is 18.4. The molecule has 112 valence electrons. The number of nitrogens with two attached hydrogens (primary N) is 1. The van der Waals surface area contributed by atoms with E-state index in [1.54, 1.807) is 0 Å². The zero-order valence-corrected chi connectivity index (χ0v) is 13.8. The Balaban J connectivity index is 2.07. The van der Waals surface area contributed by atoms with E-state index in [2.05, 4.69) is 41.8 Å². The van der Waals surface area contributed by atoms with E-state index in [0.717, 1.165) is 42.0 Å². The molecule has 1 aliphatic rings. The van der Waals surface area contributed by atoms with Crippen molar-refractivity contribution in [2.45, 2.75) is 19.9 Å². The first-order chi connectivity index (χ1) is 10.1. The van der Waals surface area contributed by atoms with Gasteiger partial charge in [-0.25, -0.2) is 9.97 Å². The summed E-state index contributed by atoms with van der Waals surface area (Å²) >= 11 is 3.44. The van der Waals surface area contributed by atoms with Gasteiger partial charge in [0, 0.05) is 26.2 Å². The molecular formula is C14H19BrN6. The Morgan fingerprint density at radius 2 is 2.10 bits per heavy atom. The van der Waals surface area contributed by atoms with Crippen molar-refractivity contribution in [3.63, 3.8) is 0 Å². The summed E-state index contributed by atoms with van der Waals surface area (Å²) in [5.41, 5.74) is 6.89. The van der Waals surface area contributed by atoms with E-state index in [9.17, 15) is 5.26 Å². The van der Waals surface area contributed by atoms with Gasteiger partial charge in [0.1, 0.15) is 28.5 Å². The molecule has 0 radical (unpaired) electrons. The van der Waals surface area contributed by atoms with Gasteiger partial charge in [-0.05, 0) is 35.4 Å². The van der Waals surface area contributed by atoms with Crippen LogP contribution < -0.4 is 10.6 Å². The molecule has 0 aliphatic carbocycles. The van der Waals surface area contributed by atoms with Crippen molar-refractivity contribution < 1.29 is 0 Å². The molecule has 2 heterocycles. The molecule has 21 heavy (non-hydrogen) atoms. The highest BCUT2D eigenvalue weighted by Gasteiger charge is 2.26. The highest BCUT2D eigenvalue weighted by Crippen LogP contribution is 2.28. The van der Waals surface area contributed by atoms with Crippen molar-refractivity contribution in [1.82, 2.24) is 14.9 Å². The highest BCUT2D eigenvalue weighted by molar-refractivity contribution is 9.10. The summed E-state index contributed by atoms with van der Waals surface area (Å²) in [6, 6.07) is 2.24. The standard InChI is InChI=1S/C14H19BrN6/c1-3-10(2)11(8-16)20-4-6-21(7-5-20)14-12(15)13(17)18-9-19-14/h3,9,11H,4-7H2,1-2H3,(H2,17,18,19)/b10-3-. The lowest BCUT2D eigenvalue weighted by Gasteiger charge is -2.38. The summed E-state index contributed by atoms with van der Waals surface area (Å²) < 4.78 is 0.736. The van der Waals surface area contributed by atoms with Crippen molar-refractivity contribution in [1.29, 1.82) is 5.26 Å². The number of allylic oxidation sites excluding steroid dienone is 1. The third-order valence-electron chi connectivity index (χ3n) is 3.79. The lowest BCUT2D eigenvalue weighted by atomic mass is 10.1. The summed E-state index contributed by atoms with van der Waals surface area (Å²) in [6.07, 6.45) is 3.48. The molecule has 1 unspecified atom stereocenters. The quantitative estimate of drug-likeness (QED) is 0.837. The maximum atomic E-state index is 9.35. The number of piperazine rings is 1. The maximum Gasteiger partial charge on any atom is 0.148 e. The Labute approximate surface area is 133 Å². The molecule has 6 nitrogen and oxygen atoms in total. The first-order valence-corrected chi connectivity index (χ1v) is 7.65. The smallest absolute Gasteiger partial charge is 0.148 e. The van der Waals surface area contributed by atoms with Crippen molar-refractivity contribution in [2.75, 3.05) is 36.8 Å². The molecule has 0 amide bonds. The van der Waals surface area contributed by atoms with E-state index in [-0.39, 0.29) is 6.04 Å². The van der Waals surface area contributed by atoms with E-state index < -0.39 is 0 Å². The molecule has 1 fully saturated rings. The molecule has 1 atom stereocenters. The maximum absolute atomic E-state index is 9.35. The Bertz CT molecular complexity index is 571. The number of aromatic nitrogens is 2. The van der Waals surface area contributed by atoms with Crippen molar-refractivity contribution in [3.05, 3.63) is 22.4 Å². The number of nitrogens with zero attached hydrogens (tertiary/aromatic N) is 5. The van der Waals surface area contributed by atoms with E-state index in [4.69, 9.17) is 5.73 Å². The molecular weight excluding hydrogens is 332 g/mol. The third-order valence-corrected chi connectivity index (χ3v) is 4.55. The zero-order valence-electron chi connectivity index (χ0n) is 12.3. The lowest BCUT2D eigenvalue weighted by molar-refractivity contribution is 0.240. The second kappa shape index (κ2) is 6.87. The Morgan fingerprint density at radius 1 is 1.43 bits per heavy atom. The van der Waals surface area contributed by atoms with Crippen LogP contribution >= 0.6 is 15.9 Å². The number of anilines is 2. The summed E-state index contributed by atoms with van der Waals surface area (Å²) in [6.45, 7) is 7.23. The van der Waals surface area contributed by atoms with Crippen molar-refractivity contribution >= 4 is 27.6 Å². The minimum Gasteiger partial charge on any atom is -0.383 e. The van der Waals surface area contributed by atoms with Crippen LogP contribution in [0.5, 0.6) is 0 Å². The van der Waals surface area contributed by atoms with Crippen LogP contribution in [-0.4, -0.2) is 47.1 Å². The number of nitrogen functional groups attached to an aromatic ring is 1. The first kappa shape index (κ1) is 15.7. The topological polar surface area (TPSA) is 82.1 Å². The average Bonchev–Trinajstić information content (AvgIpc) is 2.51. The number of halogens is 1. The monoisotopic (exact) mass is 350 g/mol. The van der Waals surface area contributed by atoms with Crippen LogP contribution in [-0.2, 0) is 0 Å². The minimum absolute atomic E-state index is 0.143. The van der Waals surface area contributed by atoms with Crippen LogP contribution in [0.15, 0.2) is 22.4 Å². The van der Waals surface area contributed by atoms with E-state index in [1.165, 1.54) is 6.33 Å². The molecule has 1 aromatic rings. The van der Waals surface area contributed by atoms with Crippen LogP contribution in [0, 0.1) is 11.3 Å². The van der Waals surface area contributed by atoms with E-state index >= 15 is 0 Å². The molecule has 0 saturated carbocycles. The number of rotatable bonds is 3. The molecule has 1 aromatic heterocycles. The SMILES string of the molecule is C/C=C(/C)C(C#N)N1CCN(c2ncnc(N)c2Br)CC1. The fourth-order valence-corrected chi connectivity index (χ4v) is 2.87.